The molecule has 4 aliphatic rings. The van der Waals surface area contributed by atoms with E-state index in [0.717, 1.165) is 57.6 Å². The molecular weight excluding hydrogens is 328 g/mol. The van der Waals surface area contributed by atoms with E-state index in [-0.39, 0.29) is 5.91 Å². The number of carbonyl (C=O) groups excluding carboxylic acids is 2. The number of nitrogens with one attached hydrogen (secondary N) is 1. The summed E-state index contributed by atoms with van der Waals surface area (Å²) in [5.41, 5.74) is 0.641. The molecule has 3 aliphatic heterocycles. The maximum atomic E-state index is 12.3. The number of carbonyl (C=O) groups is 2. The Morgan fingerprint density at radius 2 is 2.04 bits per heavy atom. The minimum atomic E-state index is -0.0153. The summed E-state index contributed by atoms with van der Waals surface area (Å²) in [5, 5.41) is 3.01. The lowest BCUT2D eigenvalue weighted by Crippen LogP contribution is -2.60. The van der Waals surface area contributed by atoms with Crippen LogP contribution in [0.15, 0.2) is 18.3 Å². The smallest absolute Gasteiger partial charge is 0.253 e. The van der Waals surface area contributed by atoms with Crippen LogP contribution in [0.2, 0.25) is 0 Å². The largest absolute Gasteiger partial charge is 0.356 e. The molecule has 1 N–H and O–H groups in total. The maximum Gasteiger partial charge on any atom is 0.253 e. The van der Waals surface area contributed by atoms with Crippen LogP contribution < -0.4 is 10.2 Å². The molecule has 3 saturated heterocycles. The highest BCUT2D eigenvalue weighted by molar-refractivity contribution is 5.94. The summed E-state index contributed by atoms with van der Waals surface area (Å²) in [6.07, 6.45) is 8.02. The molecule has 0 unspecified atom stereocenters. The van der Waals surface area contributed by atoms with Crippen LogP contribution in [0.25, 0.3) is 0 Å². The standard InChI is InChI=1S/C20H26N4O2/c25-19-3-1-2-17-15-8-13(11-24(17)19)10-23(12-15)18-7-4-14(9-21-18)20(26)22-16-5-6-16/h4,7,9,13,15-17H,1-3,5-6,8,10-12H2,(H,22,26)/t13-,15-,17-/m1/s1. The van der Waals surface area contributed by atoms with Crippen molar-refractivity contribution in [1.82, 2.24) is 15.2 Å². The normalized spacial score (nSPS) is 30.8. The minimum absolute atomic E-state index is 0.0153. The van der Waals surface area contributed by atoms with Gasteiger partial charge < -0.3 is 15.1 Å². The van der Waals surface area contributed by atoms with Gasteiger partial charge in [-0.1, -0.05) is 0 Å². The SMILES string of the molecule is O=C(NC1CC1)c1ccc(N2C[C@H]3C[C@H](C2)[C@H]2CCCC(=O)N2C3)nc1. The highest BCUT2D eigenvalue weighted by atomic mass is 16.2. The molecule has 4 heterocycles. The van der Waals surface area contributed by atoms with Crippen molar-refractivity contribution in [1.29, 1.82) is 0 Å². The van der Waals surface area contributed by atoms with Crippen LogP contribution in [0.4, 0.5) is 5.82 Å². The predicted octanol–water partition coefficient (Wildman–Crippen LogP) is 1.81. The summed E-state index contributed by atoms with van der Waals surface area (Å²) in [7, 11) is 0. The van der Waals surface area contributed by atoms with Gasteiger partial charge in [0.2, 0.25) is 5.91 Å². The summed E-state index contributed by atoms with van der Waals surface area (Å²) < 4.78 is 0. The van der Waals surface area contributed by atoms with Crippen LogP contribution in [0.3, 0.4) is 0 Å². The maximum absolute atomic E-state index is 12.3. The van der Waals surface area contributed by atoms with Gasteiger partial charge in [-0.3, -0.25) is 9.59 Å². The van der Waals surface area contributed by atoms with E-state index >= 15 is 0 Å². The fourth-order valence-corrected chi connectivity index (χ4v) is 5.00. The second-order valence-corrected chi connectivity index (χ2v) is 8.43. The summed E-state index contributed by atoms with van der Waals surface area (Å²) in [6.45, 7) is 2.82. The minimum Gasteiger partial charge on any atom is -0.356 e. The van der Waals surface area contributed by atoms with Gasteiger partial charge in [-0.05, 0) is 56.1 Å². The van der Waals surface area contributed by atoms with Crippen molar-refractivity contribution >= 4 is 17.6 Å². The second kappa shape index (κ2) is 6.25. The molecule has 1 aliphatic carbocycles. The van der Waals surface area contributed by atoms with Crippen LogP contribution >= 0.6 is 0 Å². The first-order valence-electron chi connectivity index (χ1n) is 9.99. The van der Waals surface area contributed by atoms with Crippen molar-refractivity contribution in [2.45, 2.75) is 50.6 Å². The molecule has 0 spiro atoms. The molecule has 5 rings (SSSR count). The molecule has 1 aromatic rings. The molecule has 2 bridgehead atoms. The van der Waals surface area contributed by atoms with E-state index in [1.54, 1.807) is 6.20 Å². The Morgan fingerprint density at radius 1 is 1.15 bits per heavy atom. The number of piperidine rings is 3. The van der Waals surface area contributed by atoms with Crippen molar-refractivity contribution in [2.24, 2.45) is 11.8 Å². The fraction of sp³-hybridized carbons (Fsp3) is 0.650. The van der Waals surface area contributed by atoms with Crippen molar-refractivity contribution in [3.8, 4) is 0 Å². The molecule has 0 aromatic carbocycles. The molecule has 138 valence electrons. The third-order valence-corrected chi connectivity index (χ3v) is 6.43. The van der Waals surface area contributed by atoms with E-state index in [2.05, 4.69) is 20.1 Å². The Kier molecular flexibility index (Phi) is 3.87. The highest BCUT2D eigenvalue weighted by Gasteiger charge is 2.44. The Morgan fingerprint density at radius 3 is 2.81 bits per heavy atom. The zero-order valence-corrected chi connectivity index (χ0v) is 15.1. The molecular formula is C20H26N4O2. The Balaban J connectivity index is 1.29. The Labute approximate surface area is 153 Å². The highest BCUT2D eigenvalue weighted by Crippen LogP contribution is 2.38. The van der Waals surface area contributed by atoms with E-state index in [1.165, 1.54) is 6.42 Å². The predicted molar refractivity (Wildman–Crippen MR) is 97.9 cm³/mol. The quantitative estimate of drug-likeness (QED) is 0.899. The Bertz CT molecular complexity index is 715. The summed E-state index contributed by atoms with van der Waals surface area (Å²) >= 11 is 0. The Hall–Kier alpha value is -2.11. The third-order valence-electron chi connectivity index (χ3n) is 6.43. The molecule has 1 aromatic heterocycles. The third kappa shape index (κ3) is 2.95. The molecule has 6 nitrogen and oxygen atoms in total. The molecule has 3 atom stereocenters. The van der Waals surface area contributed by atoms with Gasteiger partial charge in [-0.25, -0.2) is 4.98 Å². The van der Waals surface area contributed by atoms with Gasteiger partial charge in [-0.15, -0.1) is 0 Å². The molecule has 4 fully saturated rings. The van der Waals surface area contributed by atoms with Gasteiger partial charge in [-0.2, -0.15) is 0 Å². The zero-order valence-electron chi connectivity index (χ0n) is 15.1. The van der Waals surface area contributed by atoms with Gasteiger partial charge in [0.15, 0.2) is 0 Å². The van der Waals surface area contributed by atoms with Gasteiger partial charge in [0.05, 0.1) is 5.56 Å². The van der Waals surface area contributed by atoms with E-state index < -0.39 is 0 Å². The molecule has 2 amide bonds. The van der Waals surface area contributed by atoms with Gasteiger partial charge >= 0.3 is 0 Å². The van der Waals surface area contributed by atoms with Crippen LogP contribution in [-0.2, 0) is 4.79 Å². The number of anilines is 1. The number of hydrogen-bond acceptors (Lipinski definition) is 4. The lowest BCUT2D eigenvalue weighted by molar-refractivity contribution is -0.142. The van der Waals surface area contributed by atoms with E-state index in [0.29, 0.717) is 35.4 Å². The lowest BCUT2D eigenvalue weighted by atomic mass is 9.76. The topological polar surface area (TPSA) is 65.5 Å². The van der Waals surface area contributed by atoms with Crippen LogP contribution in [-0.4, -0.2) is 53.4 Å². The number of amides is 2. The van der Waals surface area contributed by atoms with Crippen molar-refractivity contribution < 1.29 is 9.59 Å². The first-order chi connectivity index (χ1) is 12.7. The average molecular weight is 354 g/mol. The summed E-state index contributed by atoms with van der Waals surface area (Å²) in [6, 6.07) is 4.65. The summed E-state index contributed by atoms with van der Waals surface area (Å²) in [5.74, 6) is 2.38. The monoisotopic (exact) mass is 354 g/mol. The molecule has 0 radical (unpaired) electrons. The number of fused-ring (bicyclic) bond motifs is 4. The van der Waals surface area contributed by atoms with Gasteiger partial charge in [0, 0.05) is 44.3 Å². The number of nitrogens with zero attached hydrogens (tertiary/aromatic N) is 3. The van der Waals surface area contributed by atoms with Crippen molar-refractivity contribution in [3.63, 3.8) is 0 Å². The molecule has 6 heteroatoms. The van der Waals surface area contributed by atoms with Crippen molar-refractivity contribution in [2.75, 3.05) is 24.5 Å². The second-order valence-electron chi connectivity index (χ2n) is 8.43. The summed E-state index contributed by atoms with van der Waals surface area (Å²) in [4.78, 5) is 33.5. The van der Waals surface area contributed by atoms with Gasteiger partial charge in [0.25, 0.3) is 5.91 Å². The number of pyridine rings is 1. The zero-order chi connectivity index (χ0) is 17.7. The van der Waals surface area contributed by atoms with Crippen molar-refractivity contribution in [3.05, 3.63) is 23.9 Å². The van der Waals surface area contributed by atoms with Crippen LogP contribution in [0.5, 0.6) is 0 Å². The average Bonchev–Trinajstić information content (AvgIpc) is 3.47. The van der Waals surface area contributed by atoms with Crippen LogP contribution in [0.1, 0.15) is 48.9 Å². The number of rotatable bonds is 3. The first-order valence-corrected chi connectivity index (χ1v) is 9.99. The van der Waals surface area contributed by atoms with E-state index in [4.69, 9.17) is 0 Å². The number of hydrogen-bond donors (Lipinski definition) is 1. The molecule has 1 saturated carbocycles. The fourth-order valence-electron chi connectivity index (χ4n) is 5.00. The number of aromatic nitrogens is 1. The van der Waals surface area contributed by atoms with E-state index in [1.807, 2.05) is 12.1 Å². The molecule has 26 heavy (non-hydrogen) atoms. The first kappa shape index (κ1) is 16.1. The van der Waals surface area contributed by atoms with Gasteiger partial charge in [0.1, 0.15) is 5.82 Å². The lowest BCUT2D eigenvalue weighted by Gasteiger charge is -2.52. The van der Waals surface area contributed by atoms with Crippen LogP contribution in [0, 0.1) is 11.8 Å². The van der Waals surface area contributed by atoms with E-state index in [9.17, 15) is 9.59 Å².